The summed E-state index contributed by atoms with van der Waals surface area (Å²) in [5, 5.41) is 6.64. The Morgan fingerprint density at radius 3 is 2.75 bits per heavy atom. The van der Waals surface area contributed by atoms with Crippen LogP contribution in [-0.2, 0) is 11.3 Å². The van der Waals surface area contributed by atoms with Gasteiger partial charge in [0, 0.05) is 37.9 Å². The van der Waals surface area contributed by atoms with Crippen LogP contribution in [0.1, 0.15) is 68.2 Å². The van der Waals surface area contributed by atoms with E-state index in [1.807, 2.05) is 4.90 Å². The number of amides is 2. The summed E-state index contributed by atoms with van der Waals surface area (Å²) < 4.78 is 6.19. The number of anilines is 1. The van der Waals surface area contributed by atoms with Crippen molar-refractivity contribution < 1.29 is 9.59 Å². The van der Waals surface area contributed by atoms with Crippen molar-refractivity contribution in [3.63, 3.8) is 0 Å². The third-order valence-corrected chi connectivity index (χ3v) is 7.85. The first kappa shape index (κ1) is 26.0. The summed E-state index contributed by atoms with van der Waals surface area (Å²) in [6.45, 7) is 14.6. The molecule has 1 aliphatic rings. The van der Waals surface area contributed by atoms with E-state index >= 15 is 0 Å². The lowest BCUT2D eigenvalue weighted by molar-refractivity contribution is -0.125. The molecule has 0 radical (unpaired) electrons. The Bertz CT molecular complexity index is 1230. The number of rotatable bonds is 7. The van der Waals surface area contributed by atoms with E-state index in [2.05, 4.69) is 72.0 Å². The molecule has 2 amide bonds. The summed E-state index contributed by atoms with van der Waals surface area (Å²) in [7, 11) is 0. The molecule has 0 spiro atoms. The third-order valence-electron chi connectivity index (χ3n) is 7.10. The molecule has 9 heteroatoms. The molecule has 0 saturated carbocycles. The molecule has 2 N–H and O–H groups in total. The Morgan fingerprint density at radius 2 is 2.06 bits per heavy atom. The van der Waals surface area contributed by atoms with Gasteiger partial charge in [0.25, 0.3) is 5.91 Å². The molecule has 3 heterocycles. The van der Waals surface area contributed by atoms with Crippen LogP contribution < -0.4 is 10.6 Å². The minimum absolute atomic E-state index is 0.0357. The summed E-state index contributed by atoms with van der Waals surface area (Å²) in [5.74, 6) is 0.281. The van der Waals surface area contributed by atoms with Gasteiger partial charge in [-0.05, 0) is 73.0 Å². The molecule has 1 saturated heterocycles. The first-order valence-corrected chi connectivity index (χ1v) is 13.3. The van der Waals surface area contributed by atoms with E-state index in [0.717, 1.165) is 53.9 Å². The molecular weight excluding hydrogens is 472 g/mol. The van der Waals surface area contributed by atoms with Crippen LogP contribution in [0.15, 0.2) is 43.1 Å². The van der Waals surface area contributed by atoms with Crippen LogP contribution in [0, 0.1) is 5.41 Å². The zero-order chi connectivity index (χ0) is 25.9. The highest BCUT2D eigenvalue weighted by molar-refractivity contribution is 7.08. The van der Waals surface area contributed by atoms with Crippen LogP contribution in [0.25, 0.3) is 11.0 Å². The number of carbonyl (C=O) groups is 2. The predicted molar refractivity (Wildman–Crippen MR) is 145 cm³/mol. The molecule has 0 aliphatic carbocycles. The van der Waals surface area contributed by atoms with Gasteiger partial charge in [-0.1, -0.05) is 33.4 Å². The smallest absolute Gasteiger partial charge is 0.269 e. The number of likely N-dealkylation sites (tertiary alicyclic amines) is 1. The SMILES string of the molecule is C=CC(=O)N1CCC[C@@H](n2c(NC(=O)c3ccns3)nc3cc(CN[C@@H](C)C(C)(C)C)ccc32)CC1. The van der Waals surface area contributed by atoms with Crippen molar-refractivity contribution in [2.45, 2.75) is 65.6 Å². The number of hydrogen-bond acceptors (Lipinski definition) is 6. The van der Waals surface area contributed by atoms with Gasteiger partial charge in [0.1, 0.15) is 4.88 Å². The third kappa shape index (κ3) is 5.84. The maximum atomic E-state index is 12.9. The predicted octanol–water partition coefficient (Wildman–Crippen LogP) is 5.01. The highest BCUT2D eigenvalue weighted by Crippen LogP contribution is 2.32. The largest absolute Gasteiger partial charge is 0.339 e. The van der Waals surface area contributed by atoms with E-state index < -0.39 is 0 Å². The minimum Gasteiger partial charge on any atom is -0.339 e. The Balaban J connectivity index is 1.64. The summed E-state index contributed by atoms with van der Waals surface area (Å²) in [6.07, 6.45) is 5.54. The second-order valence-electron chi connectivity index (χ2n) is 10.5. The molecule has 192 valence electrons. The number of nitrogens with one attached hydrogen (secondary N) is 2. The van der Waals surface area contributed by atoms with E-state index in [1.165, 1.54) is 6.08 Å². The van der Waals surface area contributed by atoms with Gasteiger partial charge in [-0.3, -0.25) is 14.9 Å². The number of nitrogens with zero attached hydrogens (tertiary/aromatic N) is 4. The first-order chi connectivity index (χ1) is 17.2. The second kappa shape index (κ2) is 10.9. The molecule has 0 bridgehead atoms. The fraction of sp³-hybridized carbons (Fsp3) is 0.481. The van der Waals surface area contributed by atoms with Crippen molar-refractivity contribution in [1.82, 2.24) is 24.1 Å². The van der Waals surface area contributed by atoms with Gasteiger partial charge < -0.3 is 14.8 Å². The average Bonchev–Trinajstić information content (AvgIpc) is 3.43. The normalized spacial score (nSPS) is 17.6. The fourth-order valence-electron chi connectivity index (χ4n) is 4.47. The van der Waals surface area contributed by atoms with E-state index in [4.69, 9.17) is 4.98 Å². The Kier molecular flexibility index (Phi) is 7.90. The monoisotopic (exact) mass is 508 g/mol. The highest BCUT2D eigenvalue weighted by Gasteiger charge is 2.26. The van der Waals surface area contributed by atoms with Crippen LogP contribution in [0.3, 0.4) is 0 Å². The van der Waals surface area contributed by atoms with Gasteiger partial charge in [0.15, 0.2) is 0 Å². The van der Waals surface area contributed by atoms with Crippen molar-refractivity contribution in [3.8, 4) is 0 Å². The first-order valence-electron chi connectivity index (χ1n) is 12.5. The lowest BCUT2D eigenvalue weighted by atomic mass is 9.88. The lowest BCUT2D eigenvalue weighted by Gasteiger charge is -2.28. The summed E-state index contributed by atoms with van der Waals surface area (Å²) >= 11 is 1.16. The van der Waals surface area contributed by atoms with Gasteiger partial charge in [-0.15, -0.1) is 0 Å². The van der Waals surface area contributed by atoms with Crippen LogP contribution in [0.2, 0.25) is 0 Å². The van der Waals surface area contributed by atoms with Crippen molar-refractivity contribution >= 4 is 40.3 Å². The van der Waals surface area contributed by atoms with Crippen LogP contribution >= 0.6 is 11.5 Å². The quantitative estimate of drug-likeness (QED) is 0.438. The molecule has 36 heavy (non-hydrogen) atoms. The van der Waals surface area contributed by atoms with Crippen molar-refractivity contribution in [1.29, 1.82) is 0 Å². The zero-order valence-electron chi connectivity index (χ0n) is 21.6. The molecule has 2 aromatic heterocycles. The highest BCUT2D eigenvalue weighted by atomic mass is 32.1. The van der Waals surface area contributed by atoms with E-state index in [0.29, 0.717) is 30.0 Å². The molecule has 1 fully saturated rings. The van der Waals surface area contributed by atoms with Gasteiger partial charge in [0.2, 0.25) is 11.9 Å². The topological polar surface area (TPSA) is 92.2 Å². The van der Waals surface area contributed by atoms with Crippen molar-refractivity contribution in [2.24, 2.45) is 5.41 Å². The number of hydrogen-bond donors (Lipinski definition) is 2. The fourth-order valence-corrected chi connectivity index (χ4v) is 4.96. The molecule has 8 nitrogen and oxygen atoms in total. The van der Waals surface area contributed by atoms with Gasteiger partial charge in [-0.25, -0.2) is 9.36 Å². The number of imidazole rings is 1. The molecule has 1 aromatic carbocycles. The maximum Gasteiger partial charge on any atom is 0.269 e. The molecule has 1 aliphatic heterocycles. The molecule has 2 atom stereocenters. The Hall–Kier alpha value is -3.04. The zero-order valence-corrected chi connectivity index (χ0v) is 22.4. The molecular formula is C27H36N6O2S. The summed E-state index contributed by atoms with van der Waals surface area (Å²) in [4.78, 5) is 32.4. The van der Waals surface area contributed by atoms with E-state index in [1.54, 1.807) is 12.3 Å². The van der Waals surface area contributed by atoms with Gasteiger partial charge >= 0.3 is 0 Å². The molecule has 0 unspecified atom stereocenters. The number of benzene rings is 1. The minimum atomic E-state index is -0.216. The van der Waals surface area contributed by atoms with Crippen LogP contribution in [0.4, 0.5) is 5.95 Å². The van der Waals surface area contributed by atoms with E-state index in [9.17, 15) is 9.59 Å². The van der Waals surface area contributed by atoms with Crippen molar-refractivity contribution in [2.75, 3.05) is 18.4 Å². The Morgan fingerprint density at radius 1 is 1.25 bits per heavy atom. The van der Waals surface area contributed by atoms with Crippen LogP contribution in [-0.4, -0.2) is 49.8 Å². The van der Waals surface area contributed by atoms with Gasteiger partial charge in [-0.2, -0.15) is 0 Å². The number of carbonyl (C=O) groups excluding carboxylic acids is 2. The van der Waals surface area contributed by atoms with Crippen molar-refractivity contribution in [3.05, 3.63) is 53.6 Å². The average molecular weight is 509 g/mol. The molecule has 4 rings (SSSR count). The number of fused-ring (bicyclic) bond motifs is 1. The van der Waals surface area contributed by atoms with Gasteiger partial charge in [0.05, 0.1) is 11.0 Å². The number of aromatic nitrogens is 3. The Labute approximate surface area is 217 Å². The standard InChI is InChI=1S/C27H36N6O2S/c1-6-24(34)32-14-7-8-20(12-15-32)33-22-10-9-19(17-28-18(2)27(3,4)5)16-21(22)30-26(33)31-25(35)23-11-13-29-36-23/h6,9-11,13,16,18,20,28H,1,7-8,12,14-15,17H2,2-5H3,(H,30,31,35)/t18-,20+/m0/s1. The summed E-state index contributed by atoms with van der Waals surface area (Å²) in [6, 6.07) is 8.49. The summed E-state index contributed by atoms with van der Waals surface area (Å²) in [5.41, 5.74) is 3.14. The van der Waals surface area contributed by atoms with E-state index in [-0.39, 0.29) is 23.3 Å². The lowest BCUT2D eigenvalue weighted by Crippen LogP contribution is -2.37. The second-order valence-corrected chi connectivity index (χ2v) is 11.4. The maximum absolute atomic E-state index is 12.9. The molecule has 3 aromatic rings. The van der Waals surface area contributed by atoms with Crippen LogP contribution in [0.5, 0.6) is 0 Å².